The molecule has 0 fully saturated rings. The van der Waals surface area contributed by atoms with Crippen LogP contribution in [0.15, 0.2) is 30.5 Å². The quantitative estimate of drug-likeness (QED) is 0.836. The van der Waals surface area contributed by atoms with E-state index in [0.717, 1.165) is 10.8 Å². The summed E-state index contributed by atoms with van der Waals surface area (Å²) in [6, 6.07) is 7.60. The lowest BCUT2D eigenvalue weighted by Gasteiger charge is -2.18. The number of carboxylic acids is 1. The van der Waals surface area contributed by atoms with Crippen LogP contribution < -0.4 is 5.32 Å². The van der Waals surface area contributed by atoms with Crippen LogP contribution in [0.25, 0.3) is 10.8 Å². The fourth-order valence-electron chi connectivity index (χ4n) is 2.52. The van der Waals surface area contributed by atoms with Gasteiger partial charge in [-0.15, -0.1) is 0 Å². The van der Waals surface area contributed by atoms with Crippen LogP contribution in [0, 0.1) is 5.92 Å². The van der Waals surface area contributed by atoms with Crippen LogP contribution in [0.5, 0.6) is 0 Å². The summed E-state index contributed by atoms with van der Waals surface area (Å²) in [5.41, 5.74) is 1.22. The van der Waals surface area contributed by atoms with Gasteiger partial charge in [-0.05, 0) is 41.3 Å². The number of carbonyl (C=O) groups is 1. The molecule has 1 heterocycles. The predicted octanol–water partition coefficient (Wildman–Crippen LogP) is 4.27. The summed E-state index contributed by atoms with van der Waals surface area (Å²) in [5, 5.41) is 14.6. The van der Waals surface area contributed by atoms with E-state index in [4.69, 9.17) is 0 Å². The van der Waals surface area contributed by atoms with Crippen molar-refractivity contribution in [3.05, 3.63) is 36.0 Å². The van der Waals surface area contributed by atoms with Gasteiger partial charge < -0.3 is 10.4 Å². The highest BCUT2D eigenvalue weighted by molar-refractivity contribution is 5.93. The van der Waals surface area contributed by atoms with Gasteiger partial charge in [0.15, 0.2) is 0 Å². The van der Waals surface area contributed by atoms with Gasteiger partial charge in [0.2, 0.25) is 0 Å². The van der Waals surface area contributed by atoms with Crippen LogP contribution in [0.4, 0.5) is 5.82 Å². The van der Waals surface area contributed by atoms with Crippen LogP contribution in [-0.4, -0.2) is 22.1 Å². The molecule has 1 aromatic carbocycles. The molecule has 0 spiro atoms. The second-order valence-corrected chi connectivity index (χ2v) is 6.46. The highest BCUT2D eigenvalue weighted by Gasteiger charge is 2.20. The van der Waals surface area contributed by atoms with Gasteiger partial charge in [0, 0.05) is 11.6 Å². The molecule has 2 N–H and O–H groups in total. The van der Waals surface area contributed by atoms with Gasteiger partial charge in [-0.2, -0.15) is 0 Å². The first-order valence-corrected chi connectivity index (χ1v) is 7.76. The average molecular weight is 300 g/mol. The smallest absolute Gasteiger partial charge is 0.326 e. The van der Waals surface area contributed by atoms with Crippen molar-refractivity contribution in [1.82, 2.24) is 4.98 Å². The zero-order valence-electron chi connectivity index (χ0n) is 13.6. The van der Waals surface area contributed by atoms with E-state index in [0.29, 0.717) is 24.1 Å². The zero-order chi connectivity index (χ0) is 16.3. The summed E-state index contributed by atoms with van der Waals surface area (Å²) >= 11 is 0. The molecule has 118 valence electrons. The molecule has 0 saturated heterocycles. The minimum atomic E-state index is -0.840. The van der Waals surface area contributed by atoms with Crippen molar-refractivity contribution in [1.29, 1.82) is 0 Å². The maximum absolute atomic E-state index is 11.5. The molecular weight excluding hydrogens is 276 g/mol. The highest BCUT2D eigenvalue weighted by atomic mass is 16.4. The average Bonchev–Trinajstić information content (AvgIpc) is 2.45. The summed E-state index contributed by atoms with van der Waals surface area (Å²) in [5.74, 6) is 0.527. The molecule has 1 atom stereocenters. The van der Waals surface area contributed by atoms with E-state index in [1.165, 1.54) is 5.56 Å². The van der Waals surface area contributed by atoms with Crippen molar-refractivity contribution in [2.45, 2.75) is 46.1 Å². The number of aromatic nitrogens is 1. The summed E-state index contributed by atoms with van der Waals surface area (Å²) in [4.78, 5) is 15.8. The third-order valence-corrected chi connectivity index (χ3v) is 3.77. The van der Waals surface area contributed by atoms with Crippen molar-refractivity contribution < 1.29 is 9.90 Å². The maximum atomic E-state index is 11.5. The molecule has 22 heavy (non-hydrogen) atoms. The Morgan fingerprint density at radius 2 is 1.95 bits per heavy atom. The number of anilines is 1. The van der Waals surface area contributed by atoms with Crippen molar-refractivity contribution >= 4 is 22.6 Å². The summed E-state index contributed by atoms with van der Waals surface area (Å²) in [6.45, 7) is 8.32. The molecule has 2 rings (SSSR count). The molecule has 1 unspecified atom stereocenters. The van der Waals surface area contributed by atoms with Crippen LogP contribution >= 0.6 is 0 Å². The lowest BCUT2D eigenvalue weighted by atomic mass is 9.99. The lowest BCUT2D eigenvalue weighted by Crippen LogP contribution is -2.31. The van der Waals surface area contributed by atoms with Gasteiger partial charge in [0.25, 0.3) is 0 Å². The van der Waals surface area contributed by atoms with Crippen molar-refractivity contribution in [2.24, 2.45) is 5.92 Å². The standard InChI is InChI=1S/C18H24N2O2/c1-11(2)9-16(18(21)22)20-17-15-10-14(12(3)4)6-5-13(15)7-8-19-17/h5-8,10-12,16H,9H2,1-4H3,(H,19,20)(H,21,22). The van der Waals surface area contributed by atoms with Crippen LogP contribution in [-0.2, 0) is 4.79 Å². The van der Waals surface area contributed by atoms with Crippen molar-refractivity contribution in [3.8, 4) is 0 Å². The van der Waals surface area contributed by atoms with E-state index in [1.54, 1.807) is 6.20 Å². The van der Waals surface area contributed by atoms with Gasteiger partial charge in [-0.25, -0.2) is 9.78 Å². The van der Waals surface area contributed by atoms with Gasteiger partial charge in [-0.3, -0.25) is 0 Å². The Kier molecular flexibility index (Phi) is 5.01. The number of aliphatic carboxylic acids is 1. The maximum Gasteiger partial charge on any atom is 0.326 e. The number of pyridine rings is 1. The first kappa shape index (κ1) is 16.3. The van der Waals surface area contributed by atoms with Gasteiger partial charge in [0.05, 0.1) is 0 Å². The highest BCUT2D eigenvalue weighted by Crippen LogP contribution is 2.26. The van der Waals surface area contributed by atoms with Gasteiger partial charge >= 0.3 is 5.97 Å². The Balaban J connectivity index is 2.41. The summed E-state index contributed by atoms with van der Waals surface area (Å²) in [7, 11) is 0. The van der Waals surface area contributed by atoms with Crippen LogP contribution in [0.3, 0.4) is 0 Å². The molecule has 0 aliphatic carbocycles. The molecular formula is C18H24N2O2. The van der Waals surface area contributed by atoms with E-state index in [1.807, 2.05) is 19.9 Å². The summed E-state index contributed by atoms with van der Waals surface area (Å²) < 4.78 is 0. The molecule has 0 saturated carbocycles. The predicted molar refractivity (Wildman–Crippen MR) is 90.3 cm³/mol. The molecule has 4 heteroatoms. The molecule has 4 nitrogen and oxygen atoms in total. The number of rotatable bonds is 6. The molecule has 1 aromatic heterocycles. The SMILES string of the molecule is CC(C)CC(Nc1nccc2ccc(C(C)C)cc12)C(=O)O. The van der Waals surface area contributed by atoms with Crippen molar-refractivity contribution in [3.63, 3.8) is 0 Å². The molecule has 0 radical (unpaired) electrons. The Morgan fingerprint density at radius 3 is 2.55 bits per heavy atom. The number of benzene rings is 1. The molecule has 0 amide bonds. The third kappa shape index (κ3) is 3.75. The number of nitrogens with zero attached hydrogens (tertiary/aromatic N) is 1. The second kappa shape index (κ2) is 6.77. The normalized spacial score (nSPS) is 12.8. The van der Waals surface area contributed by atoms with E-state index >= 15 is 0 Å². The van der Waals surface area contributed by atoms with Crippen LogP contribution in [0.2, 0.25) is 0 Å². The van der Waals surface area contributed by atoms with E-state index < -0.39 is 12.0 Å². The van der Waals surface area contributed by atoms with E-state index in [2.05, 4.69) is 42.3 Å². The van der Waals surface area contributed by atoms with Crippen molar-refractivity contribution in [2.75, 3.05) is 5.32 Å². The topological polar surface area (TPSA) is 62.2 Å². The van der Waals surface area contributed by atoms with Gasteiger partial charge in [0.1, 0.15) is 11.9 Å². The Labute approximate surface area is 131 Å². The Morgan fingerprint density at radius 1 is 1.23 bits per heavy atom. The van der Waals surface area contributed by atoms with Gasteiger partial charge in [-0.1, -0.05) is 39.8 Å². The first-order chi connectivity index (χ1) is 10.4. The molecule has 2 aromatic rings. The Bertz CT molecular complexity index is 665. The third-order valence-electron chi connectivity index (χ3n) is 3.77. The zero-order valence-corrected chi connectivity index (χ0v) is 13.6. The minimum absolute atomic E-state index is 0.301. The number of fused-ring (bicyclic) bond motifs is 1. The number of nitrogens with one attached hydrogen (secondary N) is 1. The Hall–Kier alpha value is -2.10. The molecule has 0 aliphatic rings. The first-order valence-electron chi connectivity index (χ1n) is 7.76. The molecule has 0 bridgehead atoms. The van der Waals surface area contributed by atoms with Crippen LogP contribution in [0.1, 0.15) is 45.6 Å². The number of carboxylic acid groups (broad SMARTS) is 1. The monoisotopic (exact) mass is 300 g/mol. The molecule has 0 aliphatic heterocycles. The van der Waals surface area contributed by atoms with E-state index in [9.17, 15) is 9.90 Å². The van der Waals surface area contributed by atoms with E-state index in [-0.39, 0.29) is 0 Å². The lowest BCUT2D eigenvalue weighted by molar-refractivity contribution is -0.138. The fourth-order valence-corrected chi connectivity index (χ4v) is 2.52. The second-order valence-electron chi connectivity index (χ2n) is 6.46. The summed E-state index contributed by atoms with van der Waals surface area (Å²) in [6.07, 6.45) is 2.28. The largest absolute Gasteiger partial charge is 0.480 e. The fraction of sp³-hybridized carbons (Fsp3) is 0.444. The minimum Gasteiger partial charge on any atom is -0.480 e. The number of hydrogen-bond acceptors (Lipinski definition) is 3. The number of hydrogen-bond donors (Lipinski definition) is 2.